The fourth-order valence-electron chi connectivity index (χ4n) is 2.84. The maximum Gasteiger partial charge on any atom is 0.219 e. The Kier molecular flexibility index (Phi) is 7.35. The normalized spacial score (nSPS) is 12.2. The van der Waals surface area contributed by atoms with Gasteiger partial charge in [0.25, 0.3) is 0 Å². The number of rotatable bonds is 9. The van der Waals surface area contributed by atoms with Gasteiger partial charge in [0, 0.05) is 26.3 Å². The number of hydrogen-bond acceptors (Lipinski definition) is 7. The standard InChI is InChI=1S/C19H24ClN5O3S2/c1-5-10-28-12-25-18-16(17(23-25)13-8-6-7-9-14(13)20)15(21-19(22-18)29-4)11-30(26,27)24(2)3/h6-9H,5,10-12H2,1-4H3. The number of aromatic nitrogens is 4. The molecule has 1 aromatic carbocycles. The molecule has 0 spiro atoms. The van der Waals surface area contributed by atoms with Crippen LogP contribution in [-0.4, -0.2) is 59.4 Å². The van der Waals surface area contributed by atoms with Gasteiger partial charge in [-0.25, -0.2) is 27.4 Å². The molecule has 3 aromatic rings. The van der Waals surface area contributed by atoms with Crippen molar-refractivity contribution in [3.05, 3.63) is 35.0 Å². The Morgan fingerprint density at radius 2 is 1.97 bits per heavy atom. The quantitative estimate of drug-likeness (QED) is 0.268. The molecule has 2 aromatic heterocycles. The predicted octanol–water partition coefficient (Wildman–Crippen LogP) is 3.64. The summed E-state index contributed by atoms with van der Waals surface area (Å²) in [6, 6.07) is 7.29. The van der Waals surface area contributed by atoms with E-state index in [1.165, 1.54) is 30.2 Å². The van der Waals surface area contributed by atoms with Gasteiger partial charge in [0.05, 0.1) is 16.1 Å². The van der Waals surface area contributed by atoms with Crippen molar-refractivity contribution in [1.82, 2.24) is 24.1 Å². The average molecular weight is 470 g/mol. The van der Waals surface area contributed by atoms with Crippen LogP contribution in [0.5, 0.6) is 0 Å². The molecule has 0 aliphatic carbocycles. The molecule has 0 atom stereocenters. The molecule has 0 fully saturated rings. The van der Waals surface area contributed by atoms with Crippen molar-refractivity contribution in [2.75, 3.05) is 27.0 Å². The monoisotopic (exact) mass is 469 g/mol. The lowest BCUT2D eigenvalue weighted by atomic mass is 10.1. The van der Waals surface area contributed by atoms with E-state index >= 15 is 0 Å². The third-order valence-corrected chi connectivity index (χ3v) is 7.02. The summed E-state index contributed by atoms with van der Waals surface area (Å²) in [5, 5.41) is 6.23. The third-order valence-electron chi connectivity index (χ3n) is 4.40. The second-order valence-corrected chi connectivity index (χ2v) is 10.1. The maximum atomic E-state index is 12.7. The van der Waals surface area contributed by atoms with Gasteiger partial charge in [0.1, 0.15) is 18.2 Å². The minimum atomic E-state index is -3.56. The minimum Gasteiger partial charge on any atom is -0.359 e. The SMILES string of the molecule is CCCOCn1nc(-c2ccccc2Cl)c2c(CS(=O)(=O)N(C)C)nc(SC)nc21. The number of ether oxygens (including phenoxy) is 1. The number of nitrogens with zero attached hydrogens (tertiary/aromatic N) is 5. The van der Waals surface area contributed by atoms with Crippen LogP contribution in [0.4, 0.5) is 0 Å². The molecule has 0 saturated heterocycles. The van der Waals surface area contributed by atoms with E-state index in [2.05, 4.69) is 9.97 Å². The number of thioether (sulfide) groups is 1. The summed E-state index contributed by atoms with van der Waals surface area (Å²) in [6.45, 7) is 2.79. The molecule has 0 saturated carbocycles. The van der Waals surface area contributed by atoms with E-state index in [-0.39, 0.29) is 12.5 Å². The van der Waals surface area contributed by atoms with Crippen molar-refractivity contribution in [1.29, 1.82) is 0 Å². The lowest BCUT2D eigenvalue weighted by Crippen LogP contribution is -2.24. The Morgan fingerprint density at radius 3 is 2.60 bits per heavy atom. The maximum absolute atomic E-state index is 12.7. The molecule has 0 aliphatic heterocycles. The fraction of sp³-hybridized carbons (Fsp3) is 0.421. The highest BCUT2D eigenvalue weighted by atomic mass is 35.5. The van der Waals surface area contributed by atoms with Crippen LogP contribution in [0.25, 0.3) is 22.3 Å². The molecular formula is C19H24ClN5O3S2. The van der Waals surface area contributed by atoms with Gasteiger partial charge in [-0.2, -0.15) is 5.10 Å². The molecule has 0 bridgehead atoms. The van der Waals surface area contributed by atoms with Gasteiger partial charge in [-0.15, -0.1) is 0 Å². The van der Waals surface area contributed by atoms with Crippen molar-refractivity contribution >= 4 is 44.4 Å². The van der Waals surface area contributed by atoms with Gasteiger partial charge in [-0.1, -0.05) is 48.5 Å². The number of halogens is 1. The summed E-state index contributed by atoms with van der Waals surface area (Å²) >= 11 is 7.78. The summed E-state index contributed by atoms with van der Waals surface area (Å²) < 4.78 is 33.8. The molecule has 162 valence electrons. The number of fused-ring (bicyclic) bond motifs is 1. The lowest BCUT2D eigenvalue weighted by Gasteiger charge is -2.12. The van der Waals surface area contributed by atoms with Crippen LogP contribution < -0.4 is 0 Å². The van der Waals surface area contributed by atoms with Crippen LogP contribution in [0.3, 0.4) is 0 Å². The molecule has 0 aliphatic rings. The third kappa shape index (κ3) is 4.78. The van der Waals surface area contributed by atoms with Crippen molar-refractivity contribution in [2.24, 2.45) is 0 Å². The summed E-state index contributed by atoms with van der Waals surface area (Å²) in [6.07, 6.45) is 2.71. The molecule has 30 heavy (non-hydrogen) atoms. The number of sulfonamides is 1. The van der Waals surface area contributed by atoms with Gasteiger partial charge in [-0.05, 0) is 18.7 Å². The zero-order valence-electron chi connectivity index (χ0n) is 17.3. The van der Waals surface area contributed by atoms with Crippen LogP contribution in [-0.2, 0) is 27.2 Å². The highest BCUT2D eigenvalue weighted by Crippen LogP contribution is 2.35. The van der Waals surface area contributed by atoms with E-state index in [0.717, 1.165) is 6.42 Å². The first-order chi connectivity index (χ1) is 14.3. The number of hydrogen-bond donors (Lipinski definition) is 0. The summed E-state index contributed by atoms with van der Waals surface area (Å²) in [5.41, 5.74) is 2.12. The summed E-state index contributed by atoms with van der Waals surface area (Å²) in [7, 11) is -0.556. The summed E-state index contributed by atoms with van der Waals surface area (Å²) in [4.78, 5) is 9.13. The Hall–Kier alpha value is -1.72. The van der Waals surface area contributed by atoms with Gasteiger partial charge in [0.2, 0.25) is 10.0 Å². The van der Waals surface area contributed by atoms with Crippen molar-refractivity contribution in [3.8, 4) is 11.3 Å². The van der Waals surface area contributed by atoms with Crippen molar-refractivity contribution in [2.45, 2.75) is 31.0 Å². The smallest absolute Gasteiger partial charge is 0.219 e. The fourth-order valence-corrected chi connectivity index (χ4v) is 4.26. The second kappa shape index (κ2) is 9.61. The molecule has 3 rings (SSSR count). The molecule has 8 nitrogen and oxygen atoms in total. The molecule has 0 unspecified atom stereocenters. The first-order valence-electron chi connectivity index (χ1n) is 9.32. The lowest BCUT2D eigenvalue weighted by molar-refractivity contribution is 0.0720. The molecule has 11 heteroatoms. The first kappa shape index (κ1) is 23.0. The van der Waals surface area contributed by atoms with Gasteiger partial charge in [0.15, 0.2) is 10.8 Å². The van der Waals surface area contributed by atoms with E-state index in [1.54, 1.807) is 10.7 Å². The zero-order valence-corrected chi connectivity index (χ0v) is 19.7. The van der Waals surface area contributed by atoms with Gasteiger partial charge < -0.3 is 4.74 Å². The zero-order chi connectivity index (χ0) is 21.9. The van der Waals surface area contributed by atoms with Crippen LogP contribution in [0.2, 0.25) is 5.02 Å². The van der Waals surface area contributed by atoms with Crippen LogP contribution in [0, 0.1) is 0 Å². The Morgan fingerprint density at radius 1 is 1.23 bits per heavy atom. The van der Waals surface area contributed by atoms with E-state index < -0.39 is 10.0 Å². The van der Waals surface area contributed by atoms with Crippen molar-refractivity contribution < 1.29 is 13.2 Å². The highest BCUT2D eigenvalue weighted by Gasteiger charge is 2.25. The van der Waals surface area contributed by atoms with Gasteiger partial charge in [-0.3, -0.25) is 0 Å². The second-order valence-electron chi connectivity index (χ2n) is 6.76. The van der Waals surface area contributed by atoms with Crippen LogP contribution in [0.1, 0.15) is 19.0 Å². The predicted molar refractivity (Wildman–Crippen MR) is 120 cm³/mol. The molecule has 0 N–H and O–H groups in total. The van der Waals surface area contributed by atoms with Crippen molar-refractivity contribution in [3.63, 3.8) is 0 Å². The van der Waals surface area contributed by atoms with E-state index in [9.17, 15) is 8.42 Å². The largest absolute Gasteiger partial charge is 0.359 e. The van der Waals surface area contributed by atoms with Crippen LogP contribution in [0.15, 0.2) is 29.4 Å². The van der Waals surface area contributed by atoms with Gasteiger partial charge >= 0.3 is 0 Å². The first-order valence-corrected chi connectivity index (χ1v) is 12.5. The Labute approximate surface area is 185 Å². The minimum absolute atomic E-state index is 0.194. The average Bonchev–Trinajstić information content (AvgIpc) is 3.07. The van der Waals surface area contributed by atoms with Crippen LogP contribution >= 0.6 is 23.4 Å². The topological polar surface area (TPSA) is 90.2 Å². The molecular weight excluding hydrogens is 446 g/mol. The van der Waals surface area contributed by atoms with E-state index in [4.69, 9.17) is 21.4 Å². The molecule has 0 amide bonds. The Balaban J connectivity index is 2.29. The Bertz CT molecular complexity index is 1150. The molecule has 0 radical (unpaired) electrons. The number of benzene rings is 1. The van der Waals surface area contributed by atoms with E-state index in [0.29, 0.717) is 44.8 Å². The van der Waals surface area contributed by atoms with E-state index in [1.807, 2.05) is 31.4 Å². The molecule has 2 heterocycles. The summed E-state index contributed by atoms with van der Waals surface area (Å²) in [5.74, 6) is -0.272. The highest BCUT2D eigenvalue weighted by molar-refractivity contribution is 7.98.